The molecule has 5 heteroatoms. The molecule has 0 aliphatic carbocycles. The Kier molecular flexibility index (Phi) is 4.63. The number of rotatable bonds is 4. The Bertz CT molecular complexity index is 487. The third-order valence-corrected chi connectivity index (χ3v) is 4.04. The number of fused-ring (bicyclic) bond motifs is 1. The zero-order chi connectivity index (χ0) is 14.7. The van der Waals surface area contributed by atoms with Crippen molar-refractivity contribution in [2.24, 2.45) is 0 Å². The second-order valence-corrected chi connectivity index (χ2v) is 5.96. The highest BCUT2D eigenvalue weighted by atomic mass is 16.7. The van der Waals surface area contributed by atoms with Gasteiger partial charge in [-0.25, -0.2) is 0 Å². The maximum atomic E-state index is 5.99. The Morgan fingerprint density at radius 1 is 1.33 bits per heavy atom. The summed E-state index contributed by atoms with van der Waals surface area (Å²) >= 11 is 0. The van der Waals surface area contributed by atoms with Crippen molar-refractivity contribution >= 4 is 5.69 Å². The number of ether oxygens (including phenoxy) is 3. The molecule has 1 saturated heterocycles. The van der Waals surface area contributed by atoms with Gasteiger partial charge in [0.05, 0.1) is 12.7 Å². The molecule has 1 aromatic carbocycles. The molecule has 2 heterocycles. The van der Waals surface area contributed by atoms with Gasteiger partial charge in [0.1, 0.15) is 5.75 Å². The minimum Gasteiger partial charge on any atom is -0.467 e. The SMILES string of the molecule is CN(Cc1cc(N)cc2c1OCOC2)CC1CCCCO1. The van der Waals surface area contributed by atoms with Crippen LogP contribution in [0.4, 0.5) is 5.69 Å². The third kappa shape index (κ3) is 3.67. The lowest BCUT2D eigenvalue weighted by Gasteiger charge is -2.28. The molecule has 1 fully saturated rings. The highest BCUT2D eigenvalue weighted by molar-refractivity contribution is 5.53. The van der Waals surface area contributed by atoms with Crippen LogP contribution in [-0.2, 0) is 22.6 Å². The highest BCUT2D eigenvalue weighted by Crippen LogP contribution is 2.31. The molecule has 0 aromatic heterocycles. The topological polar surface area (TPSA) is 57.0 Å². The fourth-order valence-corrected chi connectivity index (χ4v) is 3.10. The maximum Gasteiger partial charge on any atom is 0.189 e. The minimum atomic E-state index is 0.319. The van der Waals surface area contributed by atoms with Gasteiger partial charge in [-0.2, -0.15) is 0 Å². The molecule has 2 aliphatic heterocycles. The lowest BCUT2D eigenvalue weighted by atomic mass is 10.1. The van der Waals surface area contributed by atoms with Crippen molar-refractivity contribution in [1.29, 1.82) is 0 Å². The van der Waals surface area contributed by atoms with Crippen LogP contribution in [0.5, 0.6) is 5.75 Å². The summed E-state index contributed by atoms with van der Waals surface area (Å²) in [4.78, 5) is 2.28. The Hall–Kier alpha value is -1.30. The first-order valence-corrected chi connectivity index (χ1v) is 7.64. The average Bonchev–Trinajstić information content (AvgIpc) is 2.48. The number of benzene rings is 1. The van der Waals surface area contributed by atoms with E-state index in [4.69, 9.17) is 19.9 Å². The van der Waals surface area contributed by atoms with Gasteiger partial charge in [0.15, 0.2) is 6.79 Å². The standard InChI is InChI=1S/C16H24N2O3/c1-18(9-15-4-2-3-5-20-15)8-12-6-14(17)7-13-10-19-11-21-16(12)13/h6-7,15H,2-5,8-11,17H2,1H3. The van der Waals surface area contributed by atoms with E-state index in [2.05, 4.69) is 11.9 Å². The second kappa shape index (κ2) is 6.64. The molecule has 0 radical (unpaired) electrons. The van der Waals surface area contributed by atoms with Gasteiger partial charge in [0.25, 0.3) is 0 Å². The van der Waals surface area contributed by atoms with Gasteiger partial charge in [-0.1, -0.05) is 0 Å². The van der Waals surface area contributed by atoms with Crippen LogP contribution < -0.4 is 10.5 Å². The van der Waals surface area contributed by atoms with Crippen molar-refractivity contribution in [1.82, 2.24) is 4.90 Å². The van der Waals surface area contributed by atoms with Gasteiger partial charge < -0.3 is 19.9 Å². The number of likely N-dealkylation sites (N-methyl/N-ethyl adjacent to an activating group) is 1. The first-order chi connectivity index (χ1) is 10.2. The lowest BCUT2D eigenvalue weighted by molar-refractivity contribution is -0.0184. The first kappa shape index (κ1) is 14.6. The molecule has 0 amide bonds. The molecule has 3 rings (SSSR count). The van der Waals surface area contributed by atoms with E-state index in [1.807, 2.05) is 12.1 Å². The van der Waals surface area contributed by atoms with E-state index < -0.39 is 0 Å². The maximum absolute atomic E-state index is 5.99. The van der Waals surface area contributed by atoms with E-state index >= 15 is 0 Å². The number of nitrogens with two attached hydrogens (primary N) is 1. The predicted molar refractivity (Wildman–Crippen MR) is 81.1 cm³/mol. The van der Waals surface area contributed by atoms with E-state index in [0.717, 1.165) is 48.7 Å². The van der Waals surface area contributed by atoms with Gasteiger partial charge in [0.2, 0.25) is 0 Å². The number of nitrogens with zero attached hydrogens (tertiary/aromatic N) is 1. The van der Waals surface area contributed by atoms with Crippen molar-refractivity contribution in [3.63, 3.8) is 0 Å². The quantitative estimate of drug-likeness (QED) is 0.862. The summed E-state index contributed by atoms with van der Waals surface area (Å²) < 4.78 is 16.8. The molecule has 1 unspecified atom stereocenters. The van der Waals surface area contributed by atoms with Crippen LogP contribution in [0.3, 0.4) is 0 Å². The van der Waals surface area contributed by atoms with Crippen LogP contribution in [0.15, 0.2) is 12.1 Å². The number of hydrogen-bond acceptors (Lipinski definition) is 5. The Morgan fingerprint density at radius 3 is 3.05 bits per heavy atom. The molecule has 0 spiro atoms. The number of hydrogen-bond donors (Lipinski definition) is 1. The van der Waals surface area contributed by atoms with Crippen molar-refractivity contribution in [3.05, 3.63) is 23.3 Å². The fraction of sp³-hybridized carbons (Fsp3) is 0.625. The summed E-state index contributed by atoms with van der Waals surface area (Å²) in [5, 5.41) is 0. The molecule has 2 aliphatic rings. The molecule has 0 saturated carbocycles. The largest absolute Gasteiger partial charge is 0.467 e. The van der Waals surface area contributed by atoms with Gasteiger partial charge in [-0.05, 0) is 38.4 Å². The van der Waals surface area contributed by atoms with E-state index in [0.29, 0.717) is 19.5 Å². The van der Waals surface area contributed by atoms with Crippen LogP contribution >= 0.6 is 0 Å². The molecule has 116 valence electrons. The average molecular weight is 292 g/mol. The molecule has 21 heavy (non-hydrogen) atoms. The summed E-state index contributed by atoms with van der Waals surface area (Å²) in [5.41, 5.74) is 8.92. The van der Waals surface area contributed by atoms with Crippen LogP contribution in [-0.4, -0.2) is 38.0 Å². The van der Waals surface area contributed by atoms with E-state index in [-0.39, 0.29) is 0 Å². The van der Waals surface area contributed by atoms with Gasteiger partial charge in [-0.3, -0.25) is 4.90 Å². The fourth-order valence-electron chi connectivity index (χ4n) is 3.10. The van der Waals surface area contributed by atoms with Crippen molar-refractivity contribution < 1.29 is 14.2 Å². The van der Waals surface area contributed by atoms with Gasteiger partial charge in [-0.15, -0.1) is 0 Å². The zero-order valence-electron chi connectivity index (χ0n) is 12.6. The van der Waals surface area contributed by atoms with Gasteiger partial charge in [0, 0.05) is 36.5 Å². The Morgan fingerprint density at radius 2 is 2.24 bits per heavy atom. The molecular formula is C16H24N2O3. The third-order valence-electron chi connectivity index (χ3n) is 4.04. The monoisotopic (exact) mass is 292 g/mol. The van der Waals surface area contributed by atoms with Crippen LogP contribution in [0.2, 0.25) is 0 Å². The smallest absolute Gasteiger partial charge is 0.189 e. The van der Waals surface area contributed by atoms with Crippen molar-refractivity contribution in [3.8, 4) is 5.75 Å². The molecular weight excluding hydrogens is 268 g/mol. The van der Waals surface area contributed by atoms with Crippen molar-refractivity contribution in [2.75, 3.05) is 32.7 Å². The molecule has 1 aromatic rings. The highest BCUT2D eigenvalue weighted by Gasteiger charge is 2.20. The predicted octanol–water partition coefficient (Wildman–Crippen LogP) is 2.14. The Balaban J connectivity index is 1.67. The lowest BCUT2D eigenvalue weighted by Crippen LogP contribution is -2.33. The van der Waals surface area contributed by atoms with E-state index in [9.17, 15) is 0 Å². The minimum absolute atomic E-state index is 0.319. The van der Waals surface area contributed by atoms with E-state index in [1.54, 1.807) is 0 Å². The van der Waals surface area contributed by atoms with Crippen LogP contribution in [0, 0.1) is 0 Å². The zero-order valence-corrected chi connectivity index (χ0v) is 12.6. The van der Waals surface area contributed by atoms with Crippen LogP contribution in [0.1, 0.15) is 30.4 Å². The summed E-state index contributed by atoms with van der Waals surface area (Å²) in [6, 6.07) is 3.94. The molecule has 0 bridgehead atoms. The summed E-state index contributed by atoms with van der Waals surface area (Å²) in [6.07, 6.45) is 3.97. The molecule has 5 nitrogen and oxygen atoms in total. The number of anilines is 1. The van der Waals surface area contributed by atoms with Gasteiger partial charge >= 0.3 is 0 Å². The Labute approximate surface area is 126 Å². The summed E-state index contributed by atoms with van der Waals surface area (Å²) in [5.74, 6) is 0.937. The summed E-state index contributed by atoms with van der Waals surface area (Å²) in [6.45, 7) is 3.54. The number of nitrogen functional groups attached to an aromatic ring is 1. The van der Waals surface area contributed by atoms with E-state index in [1.165, 1.54) is 12.8 Å². The van der Waals surface area contributed by atoms with Crippen LogP contribution in [0.25, 0.3) is 0 Å². The molecule has 2 N–H and O–H groups in total. The molecule has 1 atom stereocenters. The van der Waals surface area contributed by atoms with Crippen molar-refractivity contribution in [2.45, 2.75) is 38.5 Å². The summed E-state index contributed by atoms with van der Waals surface area (Å²) in [7, 11) is 2.12. The first-order valence-electron chi connectivity index (χ1n) is 7.64. The normalized spacial score (nSPS) is 21.9. The second-order valence-electron chi connectivity index (χ2n) is 5.96.